The summed E-state index contributed by atoms with van der Waals surface area (Å²) in [5.74, 6) is 1.62. The molecule has 0 aromatic heterocycles. The lowest BCUT2D eigenvalue weighted by molar-refractivity contribution is -0.167. The molecule has 0 aliphatic carbocycles. The molecule has 0 aliphatic rings. The maximum Gasteiger partial charge on any atom is 0.306 e. The summed E-state index contributed by atoms with van der Waals surface area (Å²) < 4.78 is 16.8. The Labute approximate surface area is 368 Å². The molecule has 0 aromatic carbocycles. The highest BCUT2D eigenvalue weighted by Gasteiger charge is 2.19. The Bertz CT molecular complexity index is 918. The minimum absolute atomic E-state index is 0.0661. The number of unbranched alkanes of at least 4 members (excludes halogenated alkanes) is 27. The Hall–Kier alpha value is -1.59. The quantitative estimate of drug-likeness (QED) is 0.0345. The lowest BCUT2D eigenvalue weighted by atomic mass is 10.00. The van der Waals surface area contributed by atoms with Crippen LogP contribution in [-0.2, 0) is 28.6 Å². The highest BCUT2D eigenvalue weighted by atomic mass is 16.6. The van der Waals surface area contributed by atoms with Gasteiger partial charge in [-0.05, 0) is 37.0 Å². The Morgan fingerprint density at radius 1 is 0.339 bits per heavy atom. The zero-order valence-corrected chi connectivity index (χ0v) is 40.5. The topological polar surface area (TPSA) is 78.9 Å². The largest absolute Gasteiger partial charge is 0.462 e. The van der Waals surface area contributed by atoms with Crippen molar-refractivity contribution in [1.29, 1.82) is 0 Å². The van der Waals surface area contributed by atoms with Crippen molar-refractivity contribution in [3.63, 3.8) is 0 Å². The van der Waals surface area contributed by atoms with Gasteiger partial charge in [0.25, 0.3) is 0 Å². The highest BCUT2D eigenvalue weighted by molar-refractivity contribution is 5.71. The van der Waals surface area contributed by atoms with Gasteiger partial charge < -0.3 is 14.2 Å². The summed E-state index contributed by atoms with van der Waals surface area (Å²) in [5.41, 5.74) is 0. The third-order valence-electron chi connectivity index (χ3n) is 12.6. The van der Waals surface area contributed by atoms with E-state index in [0.29, 0.717) is 19.3 Å². The summed E-state index contributed by atoms with van der Waals surface area (Å²) in [6.07, 6.45) is 43.9. The Balaban J connectivity index is 4.18. The summed E-state index contributed by atoms with van der Waals surface area (Å²) in [5, 5.41) is 0. The van der Waals surface area contributed by atoms with Crippen molar-refractivity contribution in [2.75, 3.05) is 13.2 Å². The van der Waals surface area contributed by atoms with E-state index in [2.05, 4.69) is 41.5 Å². The summed E-state index contributed by atoms with van der Waals surface area (Å²) in [4.78, 5) is 37.8. The van der Waals surface area contributed by atoms with Crippen LogP contribution in [0.5, 0.6) is 0 Å². The van der Waals surface area contributed by atoms with Crippen molar-refractivity contribution >= 4 is 17.9 Å². The molecule has 0 bridgehead atoms. The van der Waals surface area contributed by atoms with Crippen LogP contribution in [0.2, 0.25) is 0 Å². The second kappa shape index (κ2) is 44.5. The average Bonchev–Trinajstić information content (AvgIpc) is 3.22. The van der Waals surface area contributed by atoms with Gasteiger partial charge in [-0.15, -0.1) is 0 Å². The maximum atomic E-state index is 12.7. The van der Waals surface area contributed by atoms with Crippen LogP contribution in [0, 0.1) is 17.8 Å². The molecule has 0 spiro atoms. The molecule has 0 heterocycles. The zero-order chi connectivity index (χ0) is 43.4. The fourth-order valence-electron chi connectivity index (χ4n) is 7.87. The van der Waals surface area contributed by atoms with Crippen molar-refractivity contribution in [2.24, 2.45) is 17.8 Å². The Morgan fingerprint density at radius 3 is 0.881 bits per heavy atom. The summed E-state index contributed by atoms with van der Waals surface area (Å²) in [6.45, 7) is 13.7. The molecule has 0 saturated heterocycles. The van der Waals surface area contributed by atoms with E-state index < -0.39 is 6.10 Å². The van der Waals surface area contributed by atoms with Crippen LogP contribution in [0.25, 0.3) is 0 Å². The van der Waals surface area contributed by atoms with Crippen LogP contribution in [0.4, 0.5) is 0 Å². The fraction of sp³-hybridized carbons (Fsp3) is 0.943. The molecule has 6 heteroatoms. The number of esters is 3. The predicted molar refractivity (Wildman–Crippen MR) is 252 cm³/mol. The molecule has 0 radical (unpaired) electrons. The van der Waals surface area contributed by atoms with Gasteiger partial charge in [-0.1, -0.05) is 247 Å². The van der Waals surface area contributed by atoms with Gasteiger partial charge >= 0.3 is 17.9 Å². The standard InChI is InChI=1S/C53H102O6/c1-7-48(5)40-34-28-23-25-31-37-43-52(55)58-46-50(59-53(56)44-38-32-26-24-29-35-41-49(6)8-2)45-57-51(54)42-36-30-22-20-18-16-14-12-10-9-11-13-15-17-19-21-27-33-39-47(3)4/h47-50H,7-46H2,1-6H3/t48?,49?,50-/m1/s1. The van der Waals surface area contributed by atoms with Crippen LogP contribution >= 0.6 is 0 Å². The molecule has 0 amide bonds. The van der Waals surface area contributed by atoms with Crippen LogP contribution in [0.15, 0.2) is 0 Å². The fourth-order valence-corrected chi connectivity index (χ4v) is 7.87. The zero-order valence-electron chi connectivity index (χ0n) is 40.5. The molecule has 0 fully saturated rings. The van der Waals surface area contributed by atoms with Crippen LogP contribution < -0.4 is 0 Å². The Morgan fingerprint density at radius 2 is 0.593 bits per heavy atom. The monoisotopic (exact) mass is 835 g/mol. The van der Waals surface area contributed by atoms with Crippen molar-refractivity contribution in [1.82, 2.24) is 0 Å². The smallest absolute Gasteiger partial charge is 0.306 e. The molecular formula is C53H102O6. The van der Waals surface area contributed by atoms with Crippen molar-refractivity contribution < 1.29 is 28.6 Å². The van der Waals surface area contributed by atoms with E-state index in [1.54, 1.807) is 0 Å². The Kier molecular flexibility index (Phi) is 43.3. The average molecular weight is 835 g/mol. The summed E-state index contributed by atoms with van der Waals surface area (Å²) in [6, 6.07) is 0. The van der Waals surface area contributed by atoms with Gasteiger partial charge in [-0.3, -0.25) is 14.4 Å². The van der Waals surface area contributed by atoms with Gasteiger partial charge in [0, 0.05) is 19.3 Å². The number of hydrogen-bond acceptors (Lipinski definition) is 6. The van der Waals surface area contributed by atoms with Gasteiger partial charge in [0.05, 0.1) is 0 Å². The molecule has 6 nitrogen and oxygen atoms in total. The van der Waals surface area contributed by atoms with Gasteiger partial charge in [0.2, 0.25) is 0 Å². The van der Waals surface area contributed by atoms with Crippen molar-refractivity contribution in [3.8, 4) is 0 Å². The number of ether oxygens (including phenoxy) is 3. The van der Waals surface area contributed by atoms with E-state index in [1.807, 2.05) is 0 Å². The molecule has 3 atom stereocenters. The van der Waals surface area contributed by atoms with Crippen molar-refractivity contribution in [3.05, 3.63) is 0 Å². The van der Waals surface area contributed by atoms with Gasteiger partial charge in [-0.2, -0.15) is 0 Å². The van der Waals surface area contributed by atoms with Crippen LogP contribution in [-0.4, -0.2) is 37.2 Å². The first-order valence-corrected chi connectivity index (χ1v) is 26.2. The molecule has 59 heavy (non-hydrogen) atoms. The van der Waals surface area contributed by atoms with E-state index in [-0.39, 0.29) is 31.1 Å². The lowest BCUT2D eigenvalue weighted by Crippen LogP contribution is -2.30. The number of carbonyl (C=O) groups excluding carboxylic acids is 3. The van der Waals surface area contributed by atoms with E-state index in [1.165, 1.54) is 167 Å². The number of rotatable bonds is 46. The lowest BCUT2D eigenvalue weighted by Gasteiger charge is -2.18. The second-order valence-corrected chi connectivity index (χ2v) is 19.1. The normalized spacial score (nSPS) is 13.1. The van der Waals surface area contributed by atoms with Crippen LogP contribution in [0.1, 0.15) is 286 Å². The van der Waals surface area contributed by atoms with Gasteiger partial charge in [0.15, 0.2) is 6.10 Å². The molecule has 0 saturated carbocycles. The first kappa shape index (κ1) is 57.4. The third-order valence-corrected chi connectivity index (χ3v) is 12.6. The minimum Gasteiger partial charge on any atom is -0.462 e. The molecule has 2 unspecified atom stereocenters. The van der Waals surface area contributed by atoms with E-state index >= 15 is 0 Å². The predicted octanol–water partition coefficient (Wildman–Crippen LogP) is 16.8. The maximum absolute atomic E-state index is 12.7. The van der Waals surface area contributed by atoms with Crippen LogP contribution in [0.3, 0.4) is 0 Å². The van der Waals surface area contributed by atoms with E-state index in [4.69, 9.17) is 14.2 Å². The summed E-state index contributed by atoms with van der Waals surface area (Å²) in [7, 11) is 0. The third kappa shape index (κ3) is 44.3. The second-order valence-electron chi connectivity index (χ2n) is 19.1. The van der Waals surface area contributed by atoms with E-state index in [9.17, 15) is 14.4 Å². The highest BCUT2D eigenvalue weighted by Crippen LogP contribution is 2.18. The molecule has 0 rings (SSSR count). The van der Waals surface area contributed by atoms with Gasteiger partial charge in [0.1, 0.15) is 13.2 Å². The van der Waals surface area contributed by atoms with Crippen molar-refractivity contribution in [2.45, 2.75) is 292 Å². The minimum atomic E-state index is -0.763. The molecular weight excluding hydrogens is 733 g/mol. The summed E-state index contributed by atoms with van der Waals surface area (Å²) >= 11 is 0. The SMILES string of the molecule is CCC(C)CCCCCCCCC(=O)OC[C@@H](COC(=O)CCCCCCCCCCCCCCCCCCCCC(C)C)OC(=O)CCCCCCCCC(C)CC. The number of hydrogen-bond donors (Lipinski definition) is 0. The first-order chi connectivity index (χ1) is 28.7. The molecule has 0 N–H and O–H groups in total. The van der Waals surface area contributed by atoms with Gasteiger partial charge in [-0.25, -0.2) is 0 Å². The molecule has 350 valence electrons. The molecule has 0 aromatic rings. The van der Waals surface area contributed by atoms with E-state index in [0.717, 1.165) is 75.5 Å². The number of carbonyl (C=O) groups is 3. The molecule has 0 aliphatic heterocycles. The first-order valence-electron chi connectivity index (χ1n) is 26.2.